The zero-order chi connectivity index (χ0) is 13.8. The van der Waals surface area contributed by atoms with Gasteiger partial charge in [0.05, 0.1) is 12.5 Å². The first-order valence-electron chi connectivity index (χ1n) is 6.34. The molecule has 1 N–H and O–H groups in total. The monoisotopic (exact) mass is 251 g/mol. The quantitative estimate of drug-likeness (QED) is 0.904. The molecule has 2 aromatic carbocycles. The zero-order valence-corrected chi connectivity index (χ0v) is 11.3. The van der Waals surface area contributed by atoms with E-state index in [0.717, 1.165) is 27.8 Å². The molecular weight excluding hydrogens is 234 g/mol. The molecule has 2 aromatic rings. The third-order valence-corrected chi connectivity index (χ3v) is 3.29. The number of nitrogens with zero attached hydrogens (tertiary/aromatic N) is 1. The Balaban J connectivity index is 2.39. The molecule has 96 valence electrons. The van der Waals surface area contributed by atoms with E-state index in [4.69, 9.17) is 5.26 Å². The molecule has 0 aliphatic heterocycles. The molecule has 0 fully saturated rings. The van der Waals surface area contributed by atoms with Gasteiger partial charge in [-0.25, -0.2) is 0 Å². The van der Waals surface area contributed by atoms with Gasteiger partial charge in [-0.15, -0.1) is 0 Å². The highest BCUT2D eigenvalue weighted by molar-refractivity contribution is 5.46. The van der Waals surface area contributed by atoms with Crippen LogP contribution >= 0.6 is 0 Å². The van der Waals surface area contributed by atoms with E-state index < -0.39 is 0 Å². The molecule has 0 unspecified atom stereocenters. The van der Waals surface area contributed by atoms with Gasteiger partial charge in [0.25, 0.3) is 0 Å². The van der Waals surface area contributed by atoms with Gasteiger partial charge in [-0.3, -0.25) is 0 Å². The van der Waals surface area contributed by atoms with Gasteiger partial charge < -0.3 is 5.11 Å². The Morgan fingerprint density at radius 2 is 1.74 bits per heavy atom. The molecule has 0 heterocycles. The molecule has 19 heavy (non-hydrogen) atoms. The average Bonchev–Trinajstić information content (AvgIpc) is 2.38. The van der Waals surface area contributed by atoms with Crippen LogP contribution in [0.25, 0.3) is 0 Å². The maximum atomic E-state index is 10.1. The normalized spacial score (nSPS) is 10.2. The summed E-state index contributed by atoms with van der Waals surface area (Å²) >= 11 is 0. The van der Waals surface area contributed by atoms with E-state index in [9.17, 15) is 5.11 Å². The molecule has 2 nitrogen and oxygen atoms in total. The van der Waals surface area contributed by atoms with E-state index in [0.29, 0.717) is 18.6 Å². The van der Waals surface area contributed by atoms with Gasteiger partial charge in [0.15, 0.2) is 0 Å². The van der Waals surface area contributed by atoms with Crippen molar-refractivity contribution in [2.45, 2.75) is 26.7 Å². The fraction of sp³-hybridized carbons (Fsp3) is 0.235. The predicted molar refractivity (Wildman–Crippen MR) is 76.1 cm³/mol. The lowest BCUT2D eigenvalue weighted by Gasteiger charge is -2.11. The van der Waals surface area contributed by atoms with Crippen LogP contribution in [0.2, 0.25) is 0 Å². The van der Waals surface area contributed by atoms with Gasteiger partial charge in [0.1, 0.15) is 5.75 Å². The van der Waals surface area contributed by atoms with Crippen molar-refractivity contribution < 1.29 is 5.11 Å². The Morgan fingerprint density at radius 3 is 2.42 bits per heavy atom. The number of nitriles is 1. The van der Waals surface area contributed by atoms with Gasteiger partial charge in [-0.1, -0.05) is 42.0 Å². The molecular formula is C17H17NO. The Hall–Kier alpha value is -2.27. The zero-order valence-electron chi connectivity index (χ0n) is 11.3. The summed E-state index contributed by atoms with van der Waals surface area (Å²) in [5, 5.41) is 19.0. The minimum Gasteiger partial charge on any atom is -0.507 e. The van der Waals surface area contributed by atoms with E-state index in [-0.39, 0.29) is 0 Å². The fourth-order valence-corrected chi connectivity index (χ4v) is 2.38. The second kappa shape index (κ2) is 5.58. The summed E-state index contributed by atoms with van der Waals surface area (Å²) in [7, 11) is 0. The summed E-state index contributed by atoms with van der Waals surface area (Å²) in [6.45, 7) is 3.93. The number of rotatable bonds is 3. The first-order chi connectivity index (χ1) is 9.11. The third kappa shape index (κ3) is 2.95. The summed E-state index contributed by atoms with van der Waals surface area (Å²) in [5.74, 6) is 0.359. The Morgan fingerprint density at radius 1 is 1.05 bits per heavy atom. The SMILES string of the molecule is Cc1cc(C)c(O)c(Cc2ccccc2CC#N)c1. The van der Waals surface area contributed by atoms with Crippen molar-refractivity contribution in [3.05, 3.63) is 64.2 Å². The number of aryl methyl sites for hydroxylation is 2. The van der Waals surface area contributed by atoms with Crippen molar-refractivity contribution in [2.24, 2.45) is 0 Å². The lowest BCUT2D eigenvalue weighted by molar-refractivity contribution is 0.465. The molecule has 0 atom stereocenters. The highest BCUT2D eigenvalue weighted by Gasteiger charge is 2.09. The van der Waals surface area contributed by atoms with Crippen LogP contribution in [-0.4, -0.2) is 5.11 Å². The molecule has 2 heteroatoms. The van der Waals surface area contributed by atoms with Crippen LogP contribution in [0.15, 0.2) is 36.4 Å². The van der Waals surface area contributed by atoms with E-state index in [1.54, 1.807) is 0 Å². The minimum absolute atomic E-state index is 0.359. The molecule has 0 saturated carbocycles. The van der Waals surface area contributed by atoms with E-state index >= 15 is 0 Å². The first kappa shape index (κ1) is 13.2. The number of aromatic hydroxyl groups is 1. The van der Waals surface area contributed by atoms with E-state index in [1.165, 1.54) is 0 Å². The van der Waals surface area contributed by atoms with Crippen LogP contribution in [0.3, 0.4) is 0 Å². The second-order valence-electron chi connectivity index (χ2n) is 4.87. The van der Waals surface area contributed by atoms with Crippen molar-refractivity contribution in [2.75, 3.05) is 0 Å². The van der Waals surface area contributed by atoms with Gasteiger partial charge >= 0.3 is 0 Å². The third-order valence-electron chi connectivity index (χ3n) is 3.29. The summed E-state index contributed by atoms with van der Waals surface area (Å²) in [6, 6.07) is 14.1. The molecule has 0 radical (unpaired) electrons. The predicted octanol–water partition coefficient (Wildman–Crippen LogP) is 3.67. The van der Waals surface area contributed by atoms with Crippen molar-refractivity contribution in [3.8, 4) is 11.8 Å². The Bertz CT molecular complexity index is 638. The number of hydrogen-bond donors (Lipinski definition) is 1. The van der Waals surface area contributed by atoms with Gasteiger partial charge in [-0.2, -0.15) is 5.26 Å². The van der Waals surface area contributed by atoms with Gasteiger partial charge in [0.2, 0.25) is 0 Å². The van der Waals surface area contributed by atoms with Crippen LogP contribution in [0.1, 0.15) is 27.8 Å². The summed E-state index contributed by atoms with van der Waals surface area (Å²) < 4.78 is 0. The van der Waals surface area contributed by atoms with Crippen LogP contribution in [0, 0.1) is 25.2 Å². The largest absolute Gasteiger partial charge is 0.507 e. The van der Waals surface area contributed by atoms with Crippen LogP contribution in [0.5, 0.6) is 5.75 Å². The van der Waals surface area contributed by atoms with Crippen LogP contribution in [0.4, 0.5) is 0 Å². The molecule has 0 aliphatic rings. The molecule has 0 saturated heterocycles. The van der Waals surface area contributed by atoms with Crippen molar-refractivity contribution >= 4 is 0 Å². The molecule has 0 aromatic heterocycles. The summed E-state index contributed by atoms with van der Waals surface area (Å²) in [5.41, 5.74) is 5.09. The molecule has 0 spiro atoms. The highest BCUT2D eigenvalue weighted by Crippen LogP contribution is 2.27. The smallest absolute Gasteiger partial charge is 0.122 e. The van der Waals surface area contributed by atoms with Crippen LogP contribution < -0.4 is 0 Å². The number of phenolic OH excluding ortho intramolecular Hbond substituents is 1. The Labute approximate surface area is 114 Å². The van der Waals surface area contributed by atoms with Gasteiger partial charge in [0, 0.05) is 6.42 Å². The topological polar surface area (TPSA) is 44.0 Å². The standard InChI is InChI=1S/C17H17NO/c1-12-9-13(2)17(19)16(10-12)11-15-6-4-3-5-14(15)7-8-18/h3-6,9-10,19H,7,11H2,1-2H3. The fourth-order valence-electron chi connectivity index (χ4n) is 2.38. The summed E-state index contributed by atoms with van der Waals surface area (Å²) in [4.78, 5) is 0. The molecule has 0 aliphatic carbocycles. The maximum absolute atomic E-state index is 10.1. The van der Waals surface area contributed by atoms with E-state index in [2.05, 4.69) is 6.07 Å². The minimum atomic E-state index is 0.359. The molecule has 2 rings (SSSR count). The highest BCUT2D eigenvalue weighted by atomic mass is 16.3. The number of benzene rings is 2. The maximum Gasteiger partial charge on any atom is 0.122 e. The van der Waals surface area contributed by atoms with Crippen LogP contribution in [-0.2, 0) is 12.8 Å². The van der Waals surface area contributed by atoms with E-state index in [1.807, 2.05) is 50.2 Å². The van der Waals surface area contributed by atoms with Gasteiger partial charge in [-0.05, 0) is 36.1 Å². The van der Waals surface area contributed by atoms with Crippen molar-refractivity contribution in [3.63, 3.8) is 0 Å². The molecule has 0 bridgehead atoms. The first-order valence-corrected chi connectivity index (χ1v) is 6.34. The Kier molecular flexibility index (Phi) is 3.87. The van der Waals surface area contributed by atoms with Crippen molar-refractivity contribution in [1.82, 2.24) is 0 Å². The number of phenols is 1. The second-order valence-corrected chi connectivity index (χ2v) is 4.87. The molecule has 0 amide bonds. The average molecular weight is 251 g/mol. The van der Waals surface area contributed by atoms with Crippen molar-refractivity contribution in [1.29, 1.82) is 5.26 Å². The lowest BCUT2D eigenvalue weighted by Crippen LogP contribution is -1.96. The lowest BCUT2D eigenvalue weighted by atomic mass is 9.95. The summed E-state index contributed by atoms with van der Waals surface area (Å²) in [6.07, 6.45) is 1.06. The number of hydrogen-bond acceptors (Lipinski definition) is 2.